The van der Waals surface area contributed by atoms with Crippen molar-refractivity contribution in [1.82, 2.24) is 20.3 Å². The summed E-state index contributed by atoms with van der Waals surface area (Å²) in [7, 11) is 0. The fourth-order valence-corrected chi connectivity index (χ4v) is 3.15. The zero-order valence-corrected chi connectivity index (χ0v) is 15.6. The molecule has 2 aromatic rings. The highest BCUT2D eigenvalue weighted by Gasteiger charge is 2.25. The molecule has 4 rings (SSSR count). The van der Waals surface area contributed by atoms with Crippen molar-refractivity contribution in [3.8, 4) is 0 Å². The molecule has 2 aromatic heterocycles. The number of nitrogens with one attached hydrogen (secondary N) is 3. The van der Waals surface area contributed by atoms with Gasteiger partial charge >= 0.3 is 0 Å². The Hall–Kier alpha value is -2.45. The number of aliphatic hydroxyl groups excluding tert-OH is 1. The maximum absolute atomic E-state index is 9.57. The van der Waals surface area contributed by atoms with E-state index in [9.17, 15) is 5.11 Å². The van der Waals surface area contributed by atoms with Crippen molar-refractivity contribution in [2.24, 2.45) is 0 Å². The summed E-state index contributed by atoms with van der Waals surface area (Å²) in [6.07, 6.45) is 5.62. The standard InChI is InChI=1S/C19H27N7O/c1-13(27)10-22-17-8-15(26-6-4-20-5-7-26)9-18(24-17)25-19-12-21-16(11-23-19)14-2-3-14/h8-9,11-14,20,27H,2-7,10H2,1H3,(H2,22,23,24,25)/t13-/m0/s1. The van der Waals surface area contributed by atoms with Gasteiger partial charge in [-0.3, -0.25) is 4.98 Å². The SMILES string of the molecule is C[C@H](O)CNc1cc(N2CCNCC2)cc(Nc2cnc(C3CC3)cn2)n1. The Morgan fingerprint density at radius 2 is 1.93 bits per heavy atom. The molecule has 144 valence electrons. The lowest BCUT2D eigenvalue weighted by molar-refractivity contribution is 0.208. The van der Waals surface area contributed by atoms with Crippen molar-refractivity contribution in [2.75, 3.05) is 48.3 Å². The number of hydrogen-bond acceptors (Lipinski definition) is 8. The largest absolute Gasteiger partial charge is 0.392 e. The van der Waals surface area contributed by atoms with Crippen LogP contribution in [0.2, 0.25) is 0 Å². The van der Waals surface area contributed by atoms with Gasteiger partial charge in [0.25, 0.3) is 0 Å². The third-order valence-electron chi connectivity index (χ3n) is 4.79. The van der Waals surface area contributed by atoms with Crippen molar-refractivity contribution in [1.29, 1.82) is 0 Å². The number of pyridine rings is 1. The molecule has 0 spiro atoms. The van der Waals surface area contributed by atoms with Crippen LogP contribution in [0.1, 0.15) is 31.4 Å². The van der Waals surface area contributed by atoms with Gasteiger partial charge < -0.3 is 26.0 Å². The van der Waals surface area contributed by atoms with E-state index in [2.05, 4.69) is 35.8 Å². The second kappa shape index (κ2) is 8.06. The Kier molecular flexibility index (Phi) is 5.35. The molecule has 3 heterocycles. The van der Waals surface area contributed by atoms with E-state index < -0.39 is 6.10 Å². The van der Waals surface area contributed by atoms with Crippen LogP contribution in [0.4, 0.5) is 23.1 Å². The molecule has 0 radical (unpaired) electrons. The molecule has 1 aliphatic heterocycles. The van der Waals surface area contributed by atoms with Crippen LogP contribution in [0.15, 0.2) is 24.5 Å². The molecule has 2 aliphatic rings. The monoisotopic (exact) mass is 369 g/mol. The van der Waals surface area contributed by atoms with Gasteiger partial charge in [-0.15, -0.1) is 0 Å². The number of hydrogen-bond donors (Lipinski definition) is 4. The van der Waals surface area contributed by atoms with Gasteiger partial charge in [0.2, 0.25) is 0 Å². The first kappa shape index (κ1) is 17.9. The fraction of sp³-hybridized carbons (Fsp3) is 0.526. The number of aliphatic hydroxyl groups is 1. The first-order valence-corrected chi connectivity index (χ1v) is 9.66. The summed E-state index contributed by atoms with van der Waals surface area (Å²) >= 11 is 0. The van der Waals surface area contributed by atoms with Crippen LogP contribution in [0.25, 0.3) is 0 Å². The molecule has 1 atom stereocenters. The molecule has 1 saturated heterocycles. The van der Waals surface area contributed by atoms with Crippen LogP contribution in [0, 0.1) is 0 Å². The zero-order chi connectivity index (χ0) is 18.6. The lowest BCUT2D eigenvalue weighted by Gasteiger charge is -2.30. The zero-order valence-electron chi connectivity index (χ0n) is 15.6. The highest BCUT2D eigenvalue weighted by atomic mass is 16.3. The topological polar surface area (TPSA) is 98.2 Å². The normalized spacial score (nSPS) is 18.2. The molecule has 8 heteroatoms. The van der Waals surface area contributed by atoms with E-state index in [-0.39, 0.29) is 0 Å². The maximum Gasteiger partial charge on any atom is 0.150 e. The summed E-state index contributed by atoms with van der Waals surface area (Å²) in [5, 5.41) is 19.4. The van der Waals surface area contributed by atoms with Gasteiger partial charge in [0.15, 0.2) is 0 Å². The Balaban J connectivity index is 1.54. The van der Waals surface area contributed by atoms with Gasteiger partial charge in [0, 0.05) is 56.5 Å². The molecule has 1 saturated carbocycles. The van der Waals surface area contributed by atoms with Crippen LogP contribution >= 0.6 is 0 Å². The molecule has 0 aromatic carbocycles. The van der Waals surface area contributed by atoms with Gasteiger partial charge in [-0.05, 0) is 19.8 Å². The minimum atomic E-state index is -0.438. The van der Waals surface area contributed by atoms with Crippen molar-refractivity contribution in [2.45, 2.75) is 31.8 Å². The summed E-state index contributed by atoms with van der Waals surface area (Å²) in [4.78, 5) is 15.9. The lowest BCUT2D eigenvalue weighted by atomic mass is 10.2. The smallest absolute Gasteiger partial charge is 0.150 e. The number of anilines is 4. The van der Waals surface area contributed by atoms with E-state index in [1.807, 2.05) is 18.3 Å². The summed E-state index contributed by atoms with van der Waals surface area (Å²) in [5.74, 6) is 2.73. The second-order valence-corrected chi connectivity index (χ2v) is 7.29. The van der Waals surface area contributed by atoms with E-state index >= 15 is 0 Å². The van der Waals surface area contributed by atoms with Crippen molar-refractivity contribution < 1.29 is 5.11 Å². The lowest BCUT2D eigenvalue weighted by Crippen LogP contribution is -2.43. The molecule has 8 nitrogen and oxygen atoms in total. The Labute approximate surface area is 159 Å². The van der Waals surface area contributed by atoms with Crippen LogP contribution < -0.4 is 20.9 Å². The number of aromatic nitrogens is 3. The minimum Gasteiger partial charge on any atom is -0.392 e. The number of piperazine rings is 1. The van der Waals surface area contributed by atoms with Crippen molar-refractivity contribution in [3.63, 3.8) is 0 Å². The quantitative estimate of drug-likeness (QED) is 0.585. The van der Waals surface area contributed by atoms with Gasteiger partial charge in [-0.1, -0.05) is 0 Å². The van der Waals surface area contributed by atoms with Crippen LogP contribution in [0.5, 0.6) is 0 Å². The Morgan fingerprint density at radius 3 is 2.59 bits per heavy atom. The van der Waals surface area contributed by atoms with E-state index in [1.54, 1.807) is 13.1 Å². The van der Waals surface area contributed by atoms with E-state index in [0.717, 1.165) is 43.4 Å². The average Bonchev–Trinajstić information content (AvgIpc) is 3.53. The predicted octanol–water partition coefficient (Wildman–Crippen LogP) is 1.69. The summed E-state index contributed by atoms with van der Waals surface area (Å²) in [6.45, 7) is 6.05. The highest BCUT2D eigenvalue weighted by molar-refractivity contribution is 5.65. The van der Waals surface area contributed by atoms with E-state index in [0.29, 0.717) is 24.1 Å². The molecule has 4 N–H and O–H groups in total. The van der Waals surface area contributed by atoms with Gasteiger partial charge in [-0.25, -0.2) is 9.97 Å². The summed E-state index contributed by atoms with van der Waals surface area (Å²) in [5.41, 5.74) is 2.17. The van der Waals surface area contributed by atoms with Gasteiger partial charge in [0.1, 0.15) is 17.5 Å². The van der Waals surface area contributed by atoms with Crippen LogP contribution in [0.3, 0.4) is 0 Å². The van der Waals surface area contributed by atoms with Crippen molar-refractivity contribution in [3.05, 3.63) is 30.2 Å². The maximum atomic E-state index is 9.57. The van der Waals surface area contributed by atoms with Gasteiger partial charge in [-0.2, -0.15) is 0 Å². The molecule has 0 amide bonds. The van der Waals surface area contributed by atoms with Crippen LogP contribution in [-0.4, -0.2) is 58.9 Å². The molecular formula is C19H27N7O. The first-order valence-electron chi connectivity index (χ1n) is 9.66. The third-order valence-corrected chi connectivity index (χ3v) is 4.79. The molecule has 2 fully saturated rings. The summed E-state index contributed by atoms with van der Waals surface area (Å²) in [6, 6.07) is 4.07. The molecule has 0 bridgehead atoms. The highest BCUT2D eigenvalue weighted by Crippen LogP contribution is 2.38. The predicted molar refractivity (Wildman–Crippen MR) is 107 cm³/mol. The van der Waals surface area contributed by atoms with Crippen LogP contribution in [-0.2, 0) is 0 Å². The fourth-order valence-electron chi connectivity index (χ4n) is 3.15. The number of rotatable bonds is 7. The third kappa shape index (κ3) is 4.84. The van der Waals surface area contributed by atoms with Crippen molar-refractivity contribution >= 4 is 23.1 Å². The molecule has 1 aliphatic carbocycles. The second-order valence-electron chi connectivity index (χ2n) is 7.29. The molecule has 0 unspecified atom stereocenters. The number of nitrogens with zero attached hydrogens (tertiary/aromatic N) is 4. The average molecular weight is 369 g/mol. The summed E-state index contributed by atoms with van der Waals surface area (Å²) < 4.78 is 0. The Bertz CT molecular complexity index is 755. The molecular weight excluding hydrogens is 342 g/mol. The first-order chi connectivity index (χ1) is 13.2. The van der Waals surface area contributed by atoms with E-state index in [4.69, 9.17) is 0 Å². The Morgan fingerprint density at radius 1 is 1.15 bits per heavy atom. The minimum absolute atomic E-state index is 0.438. The van der Waals surface area contributed by atoms with Gasteiger partial charge in [0.05, 0.1) is 24.2 Å². The van der Waals surface area contributed by atoms with E-state index in [1.165, 1.54) is 12.8 Å². The molecule has 27 heavy (non-hydrogen) atoms.